The van der Waals surface area contributed by atoms with E-state index < -0.39 is 45.7 Å². The van der Waals surface area contributed by atoms with E-state index in [2.05, 4.69) is 0 Å². The molecule has 0 aliphatic carbocycles. The van der Waals surface area contributed by atoms with Gasteiger partial charge in [-0.1, -0.05) is 0 Å². The number of carboxylic acid groups (broad SMARTS) is 4. The Labute approximate surface area is 111 Å². The highest BCUT2D eigenvalue weighted by molar-refractivity contribution is 7.87. The van der Waals surface area contributed by atoms with Crippen molar-refractivity contribution in [3.8, 4) is 0 Å². The third-order valence-corrected chi connectivity index (χ3v) is 2.45. The smallest absolute Gasteiger partial charge is 0.328 e. The summed E-state index contributed by atoms with van der Waals surface area (Å²) in [5.41, 5.74) is 0. The second-order valence-corrected chi connectivity index (χ2v) is 4.55. The van der Waals surface area contributed by atoms with Crippen LogP contribution in [0.15, 0.2) is 12.2 Å². The van der Waals surface area contributed by atoms with Crippen molar-refractivity contribution in [3.63, 3.8) is 0 Å². The van der Waals surface area contributed by atoms with E-state index in [0.717, 1.165) is 0 Å². The Morgan fingerprint density at radius 3 is 1.35 bits per heavy atom. The molecule has 0 saturated carbocycles. The van der Waals surface area contributed by atoms with Gasteiger partial charge in [0.25, 0.3) is 10.1 Å². The van der Waals surface area contributed by atoms with Gasteiger partial charge in [-0.2, -0.15) is 8.42 Å². The van der Waals surface area contributed by atoms with Crippen LogP contribution in [0.2, 0.25) is 0 Å². The fraction of sp³-hybridized carbons (Fsp3) is 0.250. The quantitative estimate of drug-likeness (QED) is 0.282. The van der Waals surface area contributed by atoms with Crippen LogP contribution < -0.4 is 0 Å². The molecule has 0 aliphatic rings. The molecule has 0 spiro atoms. The second kappa shape index (κ2) is 8.60. The van der Waals surface area contributed by atoms with Crippen LogP contribution in [0, 0.1) is 0 Å². The zero-order valence-corrected chi connectivity index (χ0v) is 10.3. The molecule has 11 nitrogen and oxygen atoms in total. The van der Waals surface area contributed by atoms with Crippen LogP contribution in [0.3, 0.4) is 0 Å². The molecule has 0 bridgehead atoms. The Morgan fingerprint density at radius 2 is 1.25 bits per heavy atom. The maximum Gasteiger partial charge on any atom is 0.328 e. The number of aliphatic carboxylic acids is 4. The first kappa shape index (κ1) is 19.9. The van der Waals surface area contributed by atoms with Gasteiger partial charge in [0.15, 0.2) is 5.25 Å². The predicted octanol–water partition coefficient (Wildman–Crippen LogP) is -1.49. The molecule has 20 heavy (non-hydrogen) atoms. The van der Waals surface area contributed by atoms with Gasteiger partial charge in [-0.15, -0.1) is 0 Å². The average Bonchev–Trinajstić information content (AvgIpc) is 2.22. The lowest BCUT2D eigenvalue weighted by atomic mass is 10.3. The Morgan fingerprint density at radius 1 is 0.900 bits per heavy atom. The van der Waals surface area contributed by atoms with Gasteiger partial charge >= 0.3 is 23.9 Å². The van der Waals surface area contributed by atoms with E-state index in [0.29, 0.717) is 12.2 Å². The average molecular weight is 314 g/mol. The molecule has 0 radical (unpaired) electrons. The van der Waals surface area contributed by atoms with Crippen molar-refractivity contribution in [3.05, 3.63) is 12.2 Å². The minimum Gasteiger partial charge on any atom is -0.481 e. The number of carbonyl (C=O) groups is 4. The van der Waals surface area contributed by atoms with Gasteiger partial charge in [0, 0.05) is 12.2 Å². The lowest BCUT2D eigenvalue weighted by molar-refractivity contribution is -0.143. The van der Waals surface area contributed by atoms with Gasteiger partial charge in [-0.05, 0) is 0 Å². The van der Waals surface area contributed by atoms with Gasteiger partial charge in [0.2, 0.25) is 0 Å². The number of hydrogen-bond donors (Lipinski definition) is 5. The third kappa shape index (κ3) is 12.0. The zero-order chi connectivity index (χ0) is 16.5. The van der Waals surface area contributed by atoms with Crippen LogP contribution >= 0.6 is 0 Å². The van der Waals surface area contributed by atoms with E-state index in [1.165, 1.54) is 0 Å². The Balaban J connectivity index is 0. The predicted molar refractivity (Wildman–Crippen MR) is 59.6 cm³/mol. The molecule has 1 atom stereocenters. The summed E-state index contributed by atoms with van der Waals surface area (Å²) >= 11 is 0. The third-order valence-electron chi connectivity index (χ3n) is 1.36. The molecule has 0 saturated heterocycles. The van der Waals surface area contributed by atoms with Crippen LogP contribution in [0.4, 0.5) is 0 Å². The van der Waals surface area contributed by atoms with Crippen molar-refractivity contribution in [2.75, 3.05) is 0 Å². The molecule has 114 valence electrons. The van der Waals surface area contributed by atoms with Crippen molar-refractivity contribution < 1.29 is 52.6 Å². The maximum absolute atomic E-state index is 10.2. The van der Waals surface area contributed by atoms with Crippen LogP contribution in [-0.4, -0.2) is 62.5 Å². The summed E-state index contributed by atoms with van der Waals surface area (Å²) in [6, 6.07) is 0. The molecular weight excluding hydrogens is 304 g/mol. The molecule has 12 heteroatoms. The standard InChI is InChI=1S/C4H6O7S.C4H4O4/c5-3(6)1-2(4(7)8)12(9,10)11;5-3(6)1-2-4(7)8/h2H,1H2,(H,5,6)(H,7,8)(H,9,10,11);1-2H,(H,5,6)(H,7,8)/b;2-1-. The number of rotatable bonds is 6. The largest absolute Gasteiger partial charge is 0.481 e. The normalized spacial score (nSPS) is 12.1. The molecule has 1 unspecified atom stereocenters. The molecule has 0 aromatic carbocycles. The molecule has 0 rings (SSSR count). The van der Waals surface area contributed by atoms with E-state index in [1.54, 1.807) is 0 Å². The van der Waals surface area contributed by atoms with Crippen LogP contribution in [-0.2, 0) is 29.3 Å². The first-order chi connectivity index (χ1) is 8.87. The van der Waals surface area contributed by atoms with Gasteiger partial charge in [0.05, 0.1) is 6.42 Å². The van der Waals surface area contributed by atoms with Gasteiger partial charge < -0.3 is 20.4 Å². The zero-order valence-electron chi connectivity index (χ0n) is 9.53. The number of carboxylic acids is 4. The van der Waals surface area contributed by atoms with Crippen molar-refractivity contribution in [2.24, 2.45) is 0 Å². The highest BCUT2D eigenvalue weighted by Gasteiger charge is 2.33. The van der Waals surface area contributed by atoms with Crippen molar-refractivity contribution >= 4 is 34.0 Å². The summed E-state index contributed by atoms with van der Waals surface area (Å²) in [6.07, 6.45) is -0.0428. The first-order valence-electron chi connectivity index (χ1n) is 4.42. The molecule has 5 N–H and O–H groups in total. The minimum atomic E-state index is -4.84. The molecule has 0 heterocycles. The molecular formula is C8H10O11S. The lowest BCUT2D eigenvalue weighted by Crippen LogP contribution is -2.31. The van der Waals surface area contributed by atoms with E-state index >= 15 is 0 Å². The van der Waals surface area contributed by atoms with Gasteiger partial charge in [0.1, 0.15) is 0 Å². The minimum absolute atomic E-state index is 0.558. The van der Waals surface area contributed by atoms with Crippen molar-refractivity contribution in [2.45, 2.75) is 11.7 Å². The molecule has 0 fully saturated rings. The lowest BCUT2D eigenvalue weighted by Gasteiger charge is -2.04. The van der Waals surface area contributed by atoms with Crippen molar-refractivity contribution in [1.29, 1.82) is 0 Å². The SMILES string of the molecule is O=C(O)/C=C\C(=O)O.O=C(O)CC(C(=O)O)S(=O)(=O)O. The molecule has 0 aromatic heterocycles. The highest BCUT2D eigenvalue weighted by Crippen LogP contribution is 2.04. The summed E-state index contributed by atoms with van der Waals surface area (Å²) in [7, 11) is -4.84. The Hall–Kier alpha value is -2.47. The van der Waals surface area contributed by atoms with Crippen LogP contribution in [0.25, 0.3) is 0 Å². The summed E-state index contributed by atoms with van der Waals surface area (Å²) in [6.45, 7) is 0. The molecule has 0 aliphatic heterocycles. The van der Waals surface area contributed by atoms with Crippen LogP contribution in [0.5, 0.6) is 0 Å². The Kier molecular flexibility index (Phi) is 8.54. The summed E-state index contributed by atoms with van der Waals surface area (Å²) in [5, 5.41) is 29.5. The molecule has 0 amide bonds. The summed E-state index contributed by atoms with van der Waals surface area (Å²) in [4.78, 5) is 39.1. The van der Waals surface area contributed by atoms with E-state index in [1.807, 2.05) is 0 Å². The van der Waals surface area contributed by atoms with Gasteiger partial charge in [-0.25, -0.2) is 9.59 Å². The first-order valence-corrected chi connectivity index (χ1v) is 5.93. The van der Waals surface area contributed by atoms with E-state index in [-0.39, 0.29) is 0 Å². The monoisotopic (exact) mass is 314 g/mol. The summed E-state index contributed by atoms with van der Waals surface area (Å²) in [5.74, 6) is -6.01. The van der Waals surface area contributed by atoms with Crippen LogP contribution in [0.1, 0.15) is 6.42 Å². The second-order valence-electron chi connectivity index (χ2n) is 2.95. The number of hydrogen-bond acceptors (Lipinski definition) is 6. The van der Waals surface area contributed by atoms with Gasteiger partial charge in [-0.3, -0.25) is 14.1 Å². The van der Waals surface area contributed by atoms with E-state index in [4.69, 9.17) is 25.0 Å². The highest BCUT2D eigenvalue weighted by atomic mass is 32.2. The van der Waals surface area contributed by atoms with Crippen molar-refractivity contribution in [1.82, 2.24) is 0 Å². The Bertz CT molecular complexity index is 499. The molecule has 0 aromatic rings. The maximum atomic E-state index is 10.2. The summed E-state index contributed by atoms with van der Waals surface area (Å²) < 4.78 is 28.7. The fourth-order valence-corrected chi connectivity index (χ4v) is 1.23. The fourth-order valence-electron chi connectivity index (χ4n) is 0.621. The topological polar surface area (TPSA) is 204 Å². The van der Waals surface area contributed by atoms with E-state index in [9.17, 15) is 27.6 Å².